The largest absolute Gasteiger partial charge is 0.433 e. The first-order valence-electron chi connectivity index (χ1n) is 8.66. The van der Waals surface area contributed by atoms with Crippen LogP contribution in [-0.2, 0) is 6.18 Å². The highest BCUT2D eigenvalue weighted by atomic mass is 32.1. The number of nitrogens with one attached hydrogen (secondary N) is 1. The third-order valence-corrected chi connectivity index (χ3v) is 5.22. The predicted molar refractivity (Wildman–Crippen MR) is 106 cm³/mol. The van der Waals surface area contributed by atoms with Gasteiger partial charge in [-0.15, -0.1) is 11.3 Å². The van der Waals surface area contributed by atoms with Crippen LogP contribution >= 0.6 is 11.3 Å². The van der Waals surface area contributed by atoms with Crippen molar-refractivity contribution in [1.82, 2.24) is 14.6 Å². The fourth-order valence-electron chi connectivity index (χ4n) is 2.86. The molecule has 10 heteroatoms. The van der Waals surface area contributed by atoms with Crippen LogP contribution in [0.25, 0.3) is 16.2 Å². The van der Waals surface area contributed by atoms with E-state index in [1.165, 1.54) is 30.4 Å². The number of carbonyl (C=O) groups is 2. The van der Waals surface area contributed by atoms with Gasteiger partial charge in [0.25, 0.3) is 5.91 Å². The minimum atomic E-state index is -4.69. The Hall–Kier alpha value is -3.53. The van der Waals surface area contributed by atoms with Crippen LogP contribution in [0.1, 0.15) is 33.3 Å². The fraction of sp³-hybridized carbons (Fsp3) is 0.100. The van der Waals surface area contributed by atoms with Gasteiger partial charge in [0.1, 0.15) is 5.56 Å². The van der Waals surface area contributed by atoms with Crippen molar-refractivity contribution in [2.45, 2.75) is 13.1 Å². The van der Waals surface area contributed by atoms with E-state index in [0.29, 0.717) is 20.6 Å². The number of hydrogen-bond acceptors (Lipinski definition) is 5. The highest BCUT2D eigenvalue weighted by Gasteiger charge is 2.36. The Morgan fingerprint density at radius 3 is 2.47 bits per heavy atom. The Morgan fingerprint density at radius 2 is 1.87 bits per heavy atom. The van der Waals surface area contributed by atoms with Gasteiger partial charge < -0.3 is 5.32 Å². The molecule has 1 N–H and O–H groups in total. The Balaban J connectivity index is 1.76. The lowest BCUT2D eigenvalue weighted by Crippen LogP contribution is -2.15. The molecule has 0 saturated carbocycles. The predicted octanol–water partition coefficient (Wildman–Crippen LogP) is 4.93. The van der Waals surface area contributed by atoms with Gasteiger partial charge in [-0.25, -0.2) is 9.50 Å². The molecule has 0 saturated heterocycles. The lowest BCUT2D eigenvalue weighted by atomic mass is 10.1. The maximum Gasteiger partial charge on any atom is 0.433 e. The Kier molecular flexibility index (Phi) is 4.86. The van der Waals surface area contributed by atoms with Crippen molar-refractivity contribution in [2.75, 3.05) is 5.32 Å². The van der Waals surface area contributed by atoms with Crippen molar-refractivity contribution in [3.8, 4) is 10.6 Å². The quantitative estimate of drug-likeness (QED) is 0.466. The molecule has 0 fully saturated rings. The van der Waals surface area contributed by atoms with Crippen LogP contribution in [0, 0.1) is 0 Å². The molecular weight excluding hydrogens is 417 g/mol. The molecule has 0 aliphatic heterocycles. The molecule has 4 aromatic rings. The van der Waals surface area contributed by atoms with E-state index in [1.54, 1.807) is 29.6 Å². The molecule has 0 aliphatic rings. The summed E-state index contributed by atoms with van der Waals surface area (Å²) in [6, 6.07) is 10.4. The number of alkyl halides is 3. The van der Waals surface area contributed by atoms with Crippen molar-refractivity contribution in [2.24, 2.45) is 0 Å². The van der Waals surface area contributed by atoms with Crippen molar-refractivity contribution in [3.05, 3.63) is 70.9 Å². The summed E-state index contributed by atoms with van der Waals surface area (Å²) in [7, 11) is 0. The maximum atomic E-state index is 13.6. The molecule has 6 nitrogen and oxygen atoms in total. The van der Waals surface area contributed by atoms with Crippen LogP contribution in [-0.4, -0.2) is 26.3 Å². The van der Waals surface area contributed by atoms with Gasteiger partial charge >= 0.3 is 6.18 Å². The second-order valence-electron chi connectivity index (χ2n) is 6.38. The molecule has 4 rings (SSSR count). The van der Waals surface area contributed by atoms with Crippen LogP contribution in [0.15, 0.2) is 54.0 Å². The number of benzene rings is 1. The number of Topliss-reactive ketones (excluding diaryl/α,β-unsaturated/α-hetero) is 1. The smallest absolute Gasteiger partial charge is 0.322 e. The molecule has 0 spiro atoms. The standard InChI is InChI=1S/C20H13F3N4O2S/c1-11(28)12-4-6-13(7-5-12)25-19(29)14-10-24-27-17(20(21,22)23)9-15(26-18(14)27)16-3-2-8-30-16/h2-10H,1H3,(H,25,29). The van der Waals surface area contributed by atoms with Crippen molar-refractivity contribution >= 4 is 34.4 Å². The van der Waals surface area contributed by atoms with Gasteiger partial charge in [-0.2, -0.15) is 18.3 Å². The highest BCUT2D eigenvalue weighted by molar-refractivity contribution is 7.13. The zero-order valence-electron chi connectivity index (χ0n) is 15.4. The molecule has 0 radical (unpaired) electrons. The van der Waals surface area contributed by atoms with E-state index in [4.69, 9.17) is 0 Å². The first kappa shape index (κ1) is 19.8. The van der Waals surface area contributed by atoms with Gasteiger partial charge in [-0.1, -0.05) is 6.07 Å². The van der Waals surface area contributed by atoms with E-state index in [2.05, 4.69) is 15.4 Å². The van der Waals surface area contributed by atoms with Crippen LogP contribution in [0.4, 0.5) is 18.9 Å². The average molecular weight is 430 g/mol. The lowest BCUT2D eigenvalue weighted by molar-refractivity contribution is -0.142. The van der Waals surface area contributed by atoms with Crippen molar-refractivity contribution in [3.63, 3.8) is 0 Å². The Morgan fingerprint density at radius 1 is 1.13 bits per heavy atom. The summed E-state index contributed by atoms with van der Waals surface area (Å²) in [5.41, 5.74) is -0.373. The monoisotopic (exact) mass is 430 g/mol. The summed E-state index contributed by atoms with van der Waals surface area (Å²) < 4.78 is 41.4. The molecule has 0 atom stereocenters. The minimum absolute atomic E-state index is 0.102. The number of amides is 1. The molecule has 152 valence electrons. The van der Waals surface area contributed by atoms with E-state index < -0.39 is 17.8 Å². The molecular formula is C20H13F3N4O2S. The highest BCUT2D eigenvalue weighted by Crippen LogP contribution is 2.34. The third-order valence-electron chi connectivity index (χ3n) is 4.33. The molecule has 0 bridgehead atoms. The minimum Gasteiger partial charge on any atom is -0.322 e. The number of carbonyl (C=O) groups excluding carboxylic acids is 2. The molecule has 0 aliphatic carbocycles. The van der Waals surface area contributed by atoms with E-state index in [-0.39, 0.29) is 22.7 Å². The van der Waals surface area contributed by atoms with E-state index in [1.807, 2.05) is 0 Å². The maximum absolute atomic E-state index is 13.6. The number of halogens is 3. The average Bonchev–Trinajstić information content (AvgIpc) is 3.36. The number of fused-ring (bicyclic) bond motifs is 1. The topological polar surface area (TPSA) is 76.4 Å². The Bertz CT molecular complexity index is 1250. The van der Waals surface area contributed by atoms with Gasteiger partial charge in [0.05, 0.1) is 16.8 Å². The molecule has 1 amide bonds. The lowest BCUT2D eigenvalue weighted by Gasteiger charge is -2.11. The summed E-state index contributed by atoms with van der Waals surface area (Å²) >= 11 is 1.24. The molecule has 1 aromatic carbocycles. The SMILES string of the molecule is CC(=O)c1ccc(NC(=O)c2cnn3c(C(F)(F)F)cc(-c4cccs4)nc23)cc1. The van der Waals surface area contributed by atoms with Crippen LogP contribution < -0.4 is 5.32 Å². The summed E-state index contributed by atoms with van der Waals surface area (Å²) in [6.45, 7) is 1.42. The van der Waals surface area contributed by atoms with E-state index in [9.17, 15) is 22.8 Å². The van der Waals surface area contributed by atoms with Gasteiger partial charge in [-0.05, 0) is 48.7 Å². The first-order valence-corrected chi connectivity index (χ1v) is 9.54. The number of aromatic nitrogens is 3. The van der Waals surface area contributed by atoms with E-state index >= 15 is 0 Å². The zero-order chi connectivity index (χ0) is 21.5. The first-order chi connectivity index (χ1) is 14.2. The number of thiophene rings is 1. The van der Waals surface area contributed by atoms with Crippen LogP contribution in [0.3, 0.4) is 0 Å². The summed E-state index contributed by atoms with van der Waals surface area (Å²) in [6.07, 6.45) is -3.63. The van der Waals surface area contributed by atoms with Gasteiger partial charge in [-0.3, -0.25) is 9.59 Å². The normalized spacial score (nSPS) is 11.6. The number of anilines is 1. The fourth-order valence-corrected chi connectivity index (χ4v) is 3.55. The van der Waals surface area contributed by atoms with Gasteiger partial charge in [0.2, 0.25) is 0 Å². The van der Waals surface area contributed by atoms with Gasteiger partial charge in [0, 0.05) is 11.3 Å². The second-order valence-corrected chi connectivity index (χ2v) is 7.33. The molecule has 0 unspecified atom stereocenters. The Labute approximate surface area is 172 Å². The summed E-state index contributed by atoms with van der Waals surface area (Å²) in [4.78, 5) is 28.9. The van der Waals surface area contributed by atoms with Gasteiger partial charge in [0.15, 0.2) is 17.1 Å². The number of hydrogen-bond donors (Lipinski definition) is 1. The summed E-state index contributed by atoms with van der Waals surface area (Å²) in [5.74, 6) is -0.787. The van der Waals surface area contributed by atoms with Crippen molar-refractivity contribution in [1.29, 1.82) is 0 Å². The molecule has 3 heterocycles. The van der Waals surface area contributed by atoms with Crippen LogP contribution in [0.5, 0.6) is 0 Å². The van der Waals surface area contributed by atoms with Crippen molar-refractivity contribution < 1.29 is 22.8 Å². The number of ketones is 1. The number of rotatable bonds is 4. The third kappa shape index (κ3) is 3.69. The van der Waals surface area contributed by atoms with Crippen LogP contribution in [0.2, 0.25) is 0 Å². The molecule has 30 heavy (non-hydrogen) atoms. The molecule has 3 aromatic heterocycles. The second kappa shape index (κ2) is 7.38. The zero-order valence-corrected chi connectivity index (χ0v) is 16.2. The number of nitrogens with zero attached hydrogens (tertiary/aromatic N) is 3. The summed E-state index contributed by atoms with van der Waals surface area (Å²) in [5, 5.41) is 8.06. The van der Waals surface area contributed by atoms with E-state index in [0.717, 1.165) is 12.3 Å².